The van der Waals surface area contributed by atoms with Gasteiger partial charge in [0, 0.05) is 13.1 Å². The van der Waals surface area contributed by atoms with Gasteiger partial charge in [0.1, 0.15) is 11.9 Å². The van der Waals surface area contributed by atoms with Crippen molar-refractivity contribution in [2.24, 2.45) is 0 Å². The van der Waals surface area contributed by atoms with E-state index < -0.39 is 23.2 Å². The molecule has 144 valence electrons. The largest absolute Gasteiger partial charge is 0.464 e. The Morgan fingerprint density at radius 1 is 1.33 bits per heavy atom. The molecular weight excluding hydrogens is 371 g/mol. The van der Waals surface area contributed by atoms with E-state index in [0.717, 1.165) is 42.6 Å². The van der Waals surface area contributed by atoms with Crippen molar-refractivity contribution in [3.05, 3.63) is 34.5 Å². The van der Waals surface area contributed by atoms with Crippen molar-refractivity contribution in [1.82, 2.24) is 4.90 Å². The average Bonchev–Trinajstić information content (AvgIpc) is 3.24. The van der Waals surface area contributed by atoms with Gasteiger partial charge >= 0.3 is 5.97 Å². The summed E-state index contributed by atoms with van der Waals surface area (Å²) in [7, 11) is 0. The van der Waals surface area contributed by atoms with E-state index in [-0.39, 0.29) is 17.3 Å². The van der Waals surface area contributed by atoms with Crippen molar-refractivity contribution < 1.29 is 23.5 Å². The number of rotatable bonds is 5. The monoisotopic (exact) mass is 392 g/mol. The van der Waals surface area contributed by atoms with Gasteiger partial charge in [-0.2, -0.15) is 0 Å². The number of imide groups is 1. The van der Waals surface area contributed by atoms with Crippen molar-refractivity contribution in [3.63, 3.8) is 0 Å². The van der Waals surface area contributed by atoms with Crippen molar-refractivity contribution in [1.29, 1.82) is 0 Å². The Hall–Kier alpha value is -2.35. The Morgan fingerprint density at radius 2 is 2.04 bits per heavy atom. The molecule has 0 aliphatic carbocycles. The molecule has 0 bridgehead atoms. The molecule has 2 heterocycles. The molecule has 2 saturated heterocycles. The van der Waals surface area contributed by atoms with E-state index in [9.17, 15) is 18.8 Å². The minimum atomic E-state index is -1.00. The second-order valence-corrected chi connectivity index (χ2v) is 7.38. The molecule has 2 fully saturated rings. The van der Waals surface area contributed by atoms with E-state index in [1.165, 1.54) is 19.1 Å². The third-order valence-electron chi connectivity index (χ3n) is 4.55. The smallest absolute Gasteiger partial charge is 0.329 e. The van der Waals surface area contributed by atoms with Crippen LogP contribution >= 0.6 is 11.8 Å². The Morgan fingerprint density at radius 3 is 2.67 bits per heavy atom. The first kappa shape index (κ1) is 19.4. The molecule has 1 aromatic carbocycles. The summed E-state index contributed by atoms with van der Waals surface area (Å²) in [6.45, 7) is 4.93. The third-order valence-corrected chi connectivity index (χ3v) is 5.44. The van der Waals surface area contributed by atoms with Crippen LogP contribution in [0, 0.1) is 5.82 Å². The van der Waals surface area contributed by atoms with Gasteiger partial charge in [-0.25, -0.2) is 9.18 Å². The number of carbonyl (C=O) groups is 3. The molecule has 6 nitrogen and oxygen atoms in total. The van der Waals surface area contributed by atoms with E-state index in [1.54, 1.807) is 19.1 Å². The summed E-state index contributed by atoms with van der Waals surface area (Å²) < 4.78 is 19.3. The summed E-state index contributed by atoms with van der Waals surface area (Å²) in [5.74, 6) is -1.57. The zero-order chi connectivity index (χ0) is 19.6. The van der Waals surface area contributed by atoms with Gasteiger partial charge in [-0.15, -0.1) is 0 Å². The minimum absolute atomic E-state index is 0.157. The highest BCUT2D eigenvalue weighted by molar-refractivity contribution is 8.18. The highest BCUT2D eigenvalue weighted by atomic mass is 32.2. The molecule has 2 amide bonds. The molecule has 2 aliphatic rings. The second kappa shape index (κ2) is 8.12. The lowest BCUT2D eigenvalue weighted by Gasteiger charge is -2.19. The van der Waals surface area contributed by atoms with Gasteiger partial charge in [0.25, 0.3) is 11.1 Å². The normalized spacial score (nSPS) is 19.9. The number of anilines is 1. The molecular formula is C19H21FN2O4S. The molecule has 27 heavy (non-hydrogen) atoms. The lowest BCUT2D eigenvalue weighted by molar-refractivity contribution is -0.150. The maximum absolute atomic E-state index is 14.4. The highest BCUT2D eigenvalue weighted by Crippen LogP contribution is 2.34. The van der Waals surface area contributed by atoms with Crippen LogP contribution in [0.1, 0.15) is 32.3 Å². The van der Waals surface area contributed by atoms with Gasteiger partial charge in [0.2, 0.25) is 0 Å². The first-order valence-corrected chi connectivity index (χ1v) is 9.72. The van der Waals surface area contributed by atoms with Gasteiger partial charge in [0.15, 0.2) is 0 Å². The summed E-state index contributed by atoms with van der Waals surface area (Å²) >= 11 is 0.734. The van der Waals surface area contributed by atoms with Gasteiger partial charge < -0.3 is 9.64 Å². The van der Waals surface area contributed by atoms with Crippen LogP contribution in [-0.2, 0) is 14.3 Å². The molecule has 0 N–H and O–H groups in total. The number of thioether (sulfide) groups is 1. The summed E-state index contributed by atoms with van der Waals surface area (Å²) in [5.41, 5.74) is 1.04. The summed E-state index contributed by atoms with van der Waals surface area (Å²) in [6.07, 6.45) is 3.57. The van der Waals surface area contributed by atoms with Crippen LogP contribution in [-0.4, -0.2) is 47.8 Å². The molecule has 3 rings (SSSR count). The first-order valence-electron chi connectivity index (χ1n) is 8.90. The van der Waals surface area contributed by atoms with E-state index in [1.807, 2.05) is 4.90 Å². The van der Waals surface area contributed by atoms with Crippen LogP contribution in [0.25, 0.3) is 6.08 Å². The van der Waals surface area contributed by atoms with E-state index in [4.69, 9.17) is 4.74 Å². The van der Waals surface area contributed by atoms with Crippen LogP contribution in [0.3, 0.4) is 0 Å². The number of esters is 1. The number of amides is 2. The number of nitrogens with zero attached hydrogens (tertiary/aromatic N) is 2. The van der Waals surface area contributed by atoms with E-state index in [2.05, 4.69) is 0 Å². The fraction of sp³-hybridized carbons (Fsp3) is 0.421. The number of benzene rings is 1. The van der Waals surface area contributed by atoms with Crippen LogP contribution in [0.2, 0.25) is 0 Å². The van der Waals surface area contributed by atoms with Crippen molar-refractivity contribution in [2.75, 3.05) is 24.6 Å². The zero-order valence-electron chi connectivity index (χ0n) is 15.2. The SMILES string of the molecule is CCOC(=O)[C@H](C)N1C(=O)S/C(=C/c2ccc(N3CCCC3)c(F)c2)C1=O. The maximum atomic E-state index is 14.4. The van der Waals surface area contributed by atoms with E-state index in [0.29, 0.717) is 11.3 Å². The summed E-state index contributed by atoms with van der Waals surface area (Å²) in [4.78, 5) is 39.6. The Bertz CT molecular complexity index is 805. The zero-order valence-corrected chi connectivity index (χ0v) is 16.1. The lowest BCUT2D eigenvalue weighted by atomic mass is 10.1. The van der Waals surface area contributed by atoms with Crippen LogP contribution in [0.5, 0.6) is 0 Å². The Kier molecular flexibility index (Phi) is 5.84. The quantitative estimate of drug-likeness (QED) is 0.565. The fourth-order valence-corrected chi connectivity index (χ4v) is 4.07. The predicted molar refractivity (Wildman–Crippen MR) is 102 cm³/mol. The molecule has 0 saturated carbocycles. The van der Waals surface area contributed by atoms with Gasteiger partial charge in [-0.1, -0.05) is 6.07 Å². The topological polar surface area (TPSA) is 66.9 Å². The first-order chi connectivity index (χ1) is 12.9. The second-order valence-electron chi connectivity index (χ2n) is 6.38. The summed E-state index contributed by atoms with van der Waals surface area (Å²) in [5, 5.41) is -0.541. The van der Waals surface area contributed by atoms with Crippen LogP contribution < -0.4 is 4.90 Å². The van der Waals surface area contributed by atoms with Crippen molar-refractivity contribution in [2.45, 2.75) is 32.7 Å². The standard InChI is InChI=1S/C19H21FN2O4S/c1-3-26-18(24)12(2)22-17(23)16(27-19(22)25)11-13-6-7-15(14(20)10-13)21-8-4-5-9-21/h6-7,10-12H,3-5,8-9H2,1-2H3/b16-11+/t12-/m0/s1. The molecule has 8 heteroatoms. The Labute approximate surface area is 161 Å². The van der Waals surface area contributed by atoms with Crippen molar-refractivity contribution in [3.8, 4) is 0 Å². The average molecular weight is 392 g/mol. The highest BCUT2D eigenvalue weighted by Gasteiger charge is 2.41. The maximum Gasteiger partial charge on any atom is 0.329 e. The fourth-order valence-electron chi connectivity index (χ4n) is 3.16. The number of hydrogen-bond donors (Lipinski definition) is 0. The predicted octanol–water partition coefficient (Wildman–Crippen LogP) is 3.41. The number of carbonyl (C=O) groups excluding carboxylic acids is 3. The summed E-state index contributed by atoms with van der Waals surface area (Å²) in [6, 6.07) is 3.77. The lowest BCUT2D eigenvalue weighted by Crippen LogP contribution is -2.42. The number of hydrogen-bond acceptors (Lipinski definition) is 6. The van der Waals surface area contributed by atoms with Crippen molar-refractivity contribution >= 4 is 40.6 Å². The number of halogens is 1. The van der Waals surface area contributed by atoms with E-state index >= 15 is 0 Å². The third kappa shape index (κ3) is 4.00. The van der Waals surface area contributed by atoms with Crippen LogP contribution in [0.15, 0.2) is 23.1 Å². The minimum Gasteiger partial charge on any atom is -0.464 e. The molecule has 0 radical (unpaired) electrons. The molecule has 1 atom stereocenters. The number of ether oxygens (including phenoxy) is 1. The van der Waals surface area contributed by atoms with Crippen LogP contribution in [0.4, 0.5) is 14.9 Å². The Balaban J connectivity index is 1.79. The van der Waals surface area contributed by atoms with Gasteiger partial charge in [0.05, 0.1) is 17.2 Å². The molecule has 1 aromatic rings. The molecule has 0 aromatic heterocycles. The molecule has 0 spiro atoms. The van der Waals surface area contributed by atoms with Gasteiger partial charge in [-0.05, 0) is 62.2 Å². The molecule has 0 unspecified atom stereocenters. The molecule has 2 aliphatic heterocycles. The van der Waals surface area contributed by atoms with Gasteiger partial charge in [-0.3, -0.25) is 14.5 Å².